The van der Waals surface area contributed by atoms with Crippen molar-refractivity contribution in [1.82, 2.24) is 0 Å². The lowest BCUT2D eigenvalue weighted by Crippen LogP contribution is -2.25. The van der Waals surface area contributed by atoms with Crippen LogP contribution in [0.25, 0.3) is 0 Å². The van der Waals surface area contributed by atoms with E-state index in [-0.39, 0.29) is 48.0 Å². The van der Waals surface area contributed by atoms with Crippen LogP contribution in [0.1, 0.15) is 35.1 Å². The van der Waals surface area contributed by atoms with E-state index in [2.05, 4.69) is 0 Å². The van der Waals surface area contributed by atoms with Crippen LogP contribution in [0.15, 0.2) is 60.7 Å². The summed E-state index contributed by atoms with van der Waals surface area (Å²) < 4.78 is 46.1. The Morgan fingerprint density at radius 3 is 1.21 bits per heavy atom. The molecule has 0 aliphatic rings. The molecule has 12 heteroatoms. The van der Waals surface area contributed by atoms with Crippen molar-refractivity contribution in [3.8, 4) is 57.5 Å². The fourth-order valence-corrected chi connectivity index (χ4v) is 6.42. The van der Waals surface area contributed by atoms with Gasteiger partial charge in [0.25, 0.3) is 0 Å². The van der Waals surface area contributed by atoms with Crippen molar-refractivity contribution in [2.24, 2.45) is 11.8 Å². The Bertz CT molecular complexity index is 1650. The molecule has 2 atom stereocenters. The van der Waals surface area contributed by atoms with Gasteiger partial charge in [0, 0.05) is 18.7 Å². The van der Waals surface area contributed by atoms with Crippen LogP contribution < -0.4 is 28.4 Å². The molecular formula is C40H50O12. The van der Waals surface area contributed by atoms with Gasteiger partial charge in [0.2, 0.25) is 11.5 Å². The van der Waals surface area contributed by atoms with Gasteiger partial charge in [-0.2, -0.15) is 0 Å². The number of hydrogen-bond acceptors (Lipinski definition) is 12. The summed E-state index contributed by atoms with van der Waals surface area (Å²) in [5, 5.41) is 39.8. The Hall–Kier alpha value is -5.20. The summed E-state index contributed by atoms with van der Waals surface area (Å²) in [6.45, 7) is 1.17. The van der Waals surface area contributed by atoms with E-state index in [0.29, 0.717) is 78.1 Å². The van der Waals surface area contributed by atoms with Crippen LogP contribution in [-0.2, 0) is 35.5 Å². The molecule has 0 saturated heterocycles. The molecule has 0 fully saturated rings. The summed E-state index contributed by atoms with van der Waals surface area (Å²) in [6.07, 6.45) is 2.66. The lowest BCUT2D eigenvalue weighted by atomic mass is 9.80. The van der Waals surface area contributed by atoms with E-state index in [1.165, 1.54) is 12.1 Å². The number of rotatable bonds is 21. The second-order valence-electron chi connectivity index (χ2n) is 12.4. The highest BCUT2D eigenvalue weighted by Crippen LogP contribution is 2.42. The van der Waals surface area contributed by atoms with Crippen molar-refractivity contribution in [3.63, 3.8) is 0 Å². The maximum Gasteiger partial charge on any atom is 0.203 e. The number of hydrogen-bond donors (Lipinski definition) is 4. The van der Waals surface area contributed by atoms with Crippen LogP contribution in [0, 0.1) is 11.8 Å². The monoisotopic (exact) mass is 722 g/mol. The topological polar surface area (TPSA) is 155 Å². The molecule has 0 aromatic heterocycles. The number of benzene rings is 4. The predicted molar refractivity (Wildman–Crippen MR) is 195 cm³/mol. The minimum Gasteiger partial charge on any atom is -0.508 e. The lowest BCUT2D eigenvalue weighted by Gasteiger charge is -2.29. The fourth-order valence-electron chi connectivity index (χ4n) is 6.42. The standard InChI is InChI=1S/C40H50O12/c1-45-35-16-25(17-36(46-2)39(35)49-5)10-29(8-7-9-51-22-27-12-31(41)20-32(42)13-27)30(24-52-23-28-14-33(43)21-34(44)15-28)11-26-18-37(47-3)40(50-6)38(19-26)48-4/h12-21,29-30,41-44H,7-11,22-24H2,1-6H3/t29-,30+/m1/s1. The van der Waals surface area contributed by atoms with E-state index in [1.54, 1.807) is 66.9 Å². The average Bonchev–Trinajstić information content (AvgIpc) is 3.12. The molecule has 0 saturated carbocycles. The third-order valence-electron chi connectivity index (χ3n) is 8.77. The zero-order valence-corrected chi connectivity index (χ0v) is 30.6. The van der Waals surface area contributed by atoms with Gasteiger partial charge >= 0.3 is 0 Å². The summed E-state index contributed by atoms with van der Waals surface area (Å²) in [4.78, 5) is 0. The van der Waals surface area contributed by atoms with Crippen LogP contribution in [0.4, 0.5) is 0 Å². The van der Waals surface area contributed by atoms with Gasteiger partial charge in [0.1, 0.15) is 23.0 Å². The molecule has 0 aliphatic heterocycles. The number of ether oxygens (including phenoxy) is 8. The Balaban J connectivity index is 1.66. The molecule has 4 N–H and O–H groups in total. The van der Waals surface area contributed by atoms with E-state index in [1.807, 2.05) is 24.3 Å². The molecule has 0 heterocycles. The smallest absolute Gasteiger partial charge is 0.203 e. The van der Waals surface area contributed by atoms with Crippen LogP contribution in [0.5, 0.6) is 57.5 Å². The number of phenols is 4. The molecule has 0 amide bonds. The summed E-state index contributed by atoms with van der Waals surface area (Å²) in [7, 11) is 9.47. The first-order valence-corrected chi connectivity index (χ1v) is 16.9. The summed E-state index contributed by atoms with van der Waals surface area (Å²) in [5.74, 6) is 3.01. The van der Waals surface area contributed by atoms with Crippen molar-refractivity contribution < 1.29 is 58.3 Å². The largest absolute Gasteiger partial charge is 0.508 e. The molecular weight excluding hydrogens is 672 g/mol. The predicted octanol–water partition coefficient (Wildman–Crippen LogP) is 6.79. The van der Waals surface area contributed by atoms with Gasteiger partial charge in [-0.05, 0) is 108 Å². The first-order chi connectivity index (χ1) is 25.1. The van der Waals surface area contributed by atoms with Crippen molar-refractivity contribution in [2.45, 2.75) is 38.9 Å². The Morgan fingerprint density at radius 2 is 0.827 bits per heavy atom. The van der Waals surface area contributed by atoms with E-state index in [0.717, 1.165) is 17.5 Å². The molecule has 12 nitrogen and oxygen atoms in total. The molecule has 4 rings (SSSR count). The molecule has 52 heavy (non-hydrogen) atoms. The third-order valence-corrected chi connectivity index (χ3v) is 8.77. The van der Waals surface area contributed by atoms with Crippen LogP contribution in [-0.4, -0.2) is 76.3 Å². The van der Waals surface area contributed by atoms with Gasteiger partial charge in [-0.15, -0.1) is 0 Å². The average molecular weight is 723 g/mol. The van der Waals surface area contributed by atoms with Crippen LogP contribution in [0.3, 0.4) is 0 Å². The maximum absolute atomic E-state index is 10.0. The van der Waals surface area contributed by atoms with Crippen molar-refractivity contribution >= 4 is 0 Å². The second-order valence-corrected chi connectivity index (χ2v) is 12.4. The number of methoxy groups -OCH3 is 6. The molecule has 0 bridgehead atoms. The molecule has 0 unspecified atom stereocenters. The summed E-state index contributed by atoms with van der Waals surface area (Å²) in [5.41, 5.74) is 3.23. The van der Waals surface area contributed by atoms with E-state index < -0.39 is 0 Å². The van der Waals surface area contributed by atoms with Gasteiger partial charge in [0.05, 0.1) is 62.5 Å². The van der Waals surface area contributed by atoms with E-state index >= 15 is 0 Å². The molecule has 282 valence electrons. The van der Waals surface area contributed by atoms with Crippen molar-refractivity contribution in [2.75, 3.05) is 55.9 Å². The van der Waals surface area contributed by atoms with Gasteiger partial charge < -0.3 is 58.3 Å². The highest BCUT2D eigenvalue weighted by Gasteiger charge is 2.26. The summed E-state index contributed by atoms with van der Waals surface area (Å²) in [6, 6.07) is 16.6. The lowest BCUT2D eigenvalue weighted by molar-refractivity contribution is 0.0578. The van der Waals surface area contributed by atoms with Crippen molar-refractivity contribution in [1.29, 1.82) is 0 Å². The minimum absolute atomic E-state index is 0.0282. The van der Waals surface area contributed by atoms with E-state index in [4.69, 9.17) is 37.9 Å². The number of aromatic hydroxyl groups is 4. The fraction of sp³-hybridized carbons (Fsp3) is 0.400. The number of phenolic OH excluding ortho intramolecular Hbond substituents is 4. The molecule has 4 aromatic rings. The second kappa shape index (κ2) is 19.4. The Labute approximate surface area is 305 Å². The molecule has 0 aliphatic carbocycles. The Morgan fingerprint density at radius 1 is 0.442 bits per heavy atom. The van der Waals surface area contributed by atoms with E-state index in [9.17, 15) is 20.4 Å². The first-order valence-electron chi connectivity index (χ1n) is 16.9. The first kappa shape index (κ1) is 39.6. The quantitative estimate of drug-likeness (QED) is 0.0670. The minimum atomic E-state index is -0.0594. The highest BCUT2D eigenvalue weighted by atomic mass is 16.5. The van der Waals surface area contributed by atoms with Crippen LogP contribution in [0.2, 0.25) is 0 Å². The van der Waals surface area contributed by atoms with Gasteiger partial charge in [-0.3, -0.25) is 0 Å². The van der Waals surface area contributed by atoms with Crippen molar-refractivity contribution in [3.05, 3.63) is 82.9 Å². The van der Waals surface area contributed by atoms with Gasteiger partial charge in [-0.1, -0.05) is 0 Å². The normalized spacial score (nSPS) is 12.2. The summed E-state index contributed by atoms with van der Waals surface area (Å²) >= 11 is 0. The van der Waals surface area contributed by atoms with Gasteiger partial charge in [-0.25, -0.2) is 0 Å². The zero-order chi connectivity index (χ0) is 37.6. The maximum atomic E-state index is 10.0. The molecule has 0 radical (unpaired) electrons. The molecule has 0 spiro atoms. The molecule has 4 aromatic carbocycles. The third kappa shape index (κ3) is 10.9. The Kier molecular flexibility index (Phi) is 14.8. The van der Waals surface area contributed by atoms with Crippen LogP contribution >= 0.6 is 0 Å². The SMILES string of the molecule is COc1cc(C[C@@H](CCCOCc2cc(O)cc(O)c2)[C@H](COCc2cc(O)cc(O)c2)Cc2cc(OC)c(OC)c(OC)c2)cc(OC)c1OC. The zero-order valence-electron chi connectivity index (χ0n) is 30.6. The highest BCUT2D eigenvalue weighted by molar-refractivity contribution is 5.55. The van der Waals surface area contributed by atoms with Gasteiger partial charge in [0.15, 0.2) is 23.0 Å².